The van der Waals surface area contributed by atoms with Crippen LogP contribution in [0.15, 0.2) is 55.3 Å². The van der Waals surface area contributed by atoms with E-state index in [9.17, 15) is 19.5 Å². The zero-order valence-corrected chi connectivity index (χ0v) is 20.6. The fraction of sp³-hybridized carbons (Fsp3) is 0.296. The molecule has 3 rings (SSSR count). The molecule has 0 saturated heterocycles. The third-order valence-electron chi connectivity index (χ3n) is 5.83. The van der Waals surface area contributed by atoms with Crippen LogP contribution in [0.25, 0.3) is 5.57 Å². The van der Waals surface area contributed by atoms with Crippen LogP contribution < -0.4 is 10.1 Å². The number of benzene rings is 2. The molecule has 0 fully saturated rings. The largest absolute Gasteiger partial charge is 0.497 e. The Morgan fingerprint density at radius 2 is 1.83 bits per heavy atom. The van der Waals surface area contributed by atoms with Crippen LogP contribution in [0, 0.1) is 13.8 Å². The summed E-state index contributed by atoms with van der Waals surface area (Å²) < 4.78 is 14.9. The molecule has 2 N–H and O–H groups in total. The van der Waals surface area contributed by atoms with E-state index in [1.54, 1.807) is 25.4 Å². The van der Waals surface area contributed by atoms with Gasteiger partial charge in [-0.2, -0.15) is 0 Å². The standard InChI is InChI=1S/C27H30N2O7/c1-5-10-35-25(31)16-36-27(33)28-24-12-18(3)17(2)11-23(24)26(32)29-14-20(13-21(29)15-30)19-6-8-22(34-4)9-7-19/h5-9,11-12,14,21,30H,1,10,13,15-16H2,2-4H3,(H,28,33)/t21-/m0/s1. The van der Waals surface area contributed by atoms with Gasteiger partial charge in [0.25, 0.3) is 5.91 Å². The number of nitrogens with zero attached hydrogens (tertiary/aromatic N) is 1. The predicted molar refractivity (Wildman–Crippen MR) is 135 cm³/mol. The van der Waals surface area contributed by atoms with Crippen LogP contribution >= 0.6 is 0 Å². The number of aryl methyl sites for hydroxylation is 2. The highest BCUT2D eigenvalue weighted by Gasteiger charge is 2.31. The first-order valence-electron chi connectivity index (χ1n) is 11.4. The molecule has 0 aliphatic carbocycles. The van der Waals surface area contributed by atoms with Crippen molar-refractivity contribution in [3.05, 3.63) is 77.5 Å². The first-order valence-corrected chi connectivity index (χ1v) is 11.4. The van der Waals surface area contributed by atoms with E-state index in [2.05, 4.69) is 11.9 Å². The quantitative estimate of drug-likeness (QED) is 0.402. The Hall–Kier alpha value is -4.11. The van der Waals surface area contributed by atoms with E-state index in [1.807, 2.05) is 38.1 Å². The summed E-state index contributed by atoms with van der Waals surface area (Å²) in [6, 6.07) is 10.3. The van der Waals surface area contributed by atoms with Gasteiger partial charge in [0.15, 0.2) is 6.61 Å². The molecule has 0 aromatic heterocycles. The second-order valence-electron chi connectivity index (χ2n) is 8.29. The van der Waals surface area contributed by atoms with Gasteiger partial charge in [-0.3, -0.25) is 10.1 Å². The van der Waals surface area contributed by atoms with Crippen molar-refractivity contribution in [2.45, 2.75) is 26.3 Å². The minimum absolute atomic E-state index is 0.00745. The fourth-order valence-corrected chi connectivity index (χ4v) is 3.75. The Balaban J connectivity index is 1.83. The van der Waals surface area contributed by atoms with Crippen molar-refractivity contribution in [1.82, 2.24) is 4.90 Å². The average Bonchev–Trinajstić information content (AvgIpc) is 3.32. The normalized spacial score (nSPS) is 14.6. The zero-order valence-electron chi connectivity index (χ0n) is 20.6. The van der Waals surface area contributed by atoms with Crippen LogP contribution in [-0.2, 0) is 14.3 Å². The maximum Gasteiger partial charge on any atom is 0.412 e. The Labute approximate surface area is 210 Å². The molecular formula is C27H30N2O7. The number of carbonyl (C=O) groups is 3. The molecule has 1 aliphatic heterocycles. The van der Waals surface area contributed by atoms with Crippen LogP contribution in [0.4, 0.5) is 10.5 Å². The molecule has 2 aromatic carbocycles. The minimum atomic E-state index is -0.905. The van der Waals surface area contributed by atoms with Gasteiger partial charge in [0.1, 0.15) is 12.4 Å². The highest BCUT2D eigenvalue weighted by atomic mass is 16.6. The summed E-state index contributed by atoms with van der Waals surface area (Å²) in [5, 5.41) is 12.5. The van der Waals surface area contributed by atoms with Gasteiger partial charge >= 0.3 is 12.1 Å². The smallest absolute Gasteiger partial charge is 0.412 e. The van der Waals surface area contributed by atoms with Crippen LogP contribution in [-0.4, -0.2) is 60.9 Å². The lowest BCUT2D eigenvalue weighted by Crippen LogP contribution is -2.36. The molecule has 0 bridgehead atoms. The Bertz CT molecular complexity index is 1170. The van der Waals surface area contributed by atoms with E-state index < -0.39 is 24.7 Å². The number of rotatable bonds is 9. The molecule has 0 unspecified atom stereocenters. The second kappa shape index (κ2) is 12.0. The summed E-state index contributed by atoms with van der Waals surface area (Å²) in [4.78, 5) is 39.0. The summed E-state index contributed by atoms with van der Waals surface area (Å²) in [6.45, 7) is 6.34. The number of amides is 2. The number of hydrogen-bond acceptors (Lipinski definition) is 7. The number of anilines is 1. The Morgan fingerprint density at radius 1 is 1.14 bits per heavy atom. The summed E-state index contributed by atoms with van der Waals surface area (Å²) in [5.41, 5.74) is 3.97. The third kappa shape index (κ3) is 6.31. The van der Waals surface area contributed by atoms with Crippen molar-refractivity contribution in [3.8, 4) is 5.75 Å². The van der Waals surface area contributed by atoms with Crippen molar-refractivity contribution >= 4 is 29.2 Å². The van der Waals surface area contributed by atoms with Crippen molar-refractivity contribution in [1.29, 1.82) is 0 Å². The molecule has 0 spiro atoms. The van der Waals surface area contributed by atoms with Crippen LogP contribution in [0.1, 0.15) is 33.5 Å². The van der Waals surface area contributed by atoms with Crippen molar-refractivity contribution < 1.29 is 33.7 Å². The fourth-order valence-electron chi connectivity index (χ4n) is 3.75. The van der Waals surface area contributed by atoms with Gasteiger partial charge in [-0.1, -0.05) is 24.8 Å². The molecule has 0 saturated carbocycles. The van der Waals surface area contributed by atoms with Gasteiger partial charge in [-0.25, -0.2) is 9.59 Å². The number of nitrogens with one attached hydrogen (secondary N) is 1. The zero-order chi connectivity index (χ0) is 26.2. The summed E-state index contributed by atoms with van der Waals surface area (Å²) >= 11 is 0. The number of aliphatic hydroxyl groups is 1. The average molecular weight is 495 g/mol. The minimum Gasteiger partial charge on any atom is -0.497 e. The lowest BCUT2D eigenvalue weighted by Gasteiger charge is -2.23. The van der Waals surface area contributed by atoms with Crippen LogP contribution in [0.2, 0.25) is 0 Å². The van der Waals surface area contributed by atoms with Crippen molar-refractivity contribution in [3.63, 3.8) is 0 Å². The van der Waals surface area contributed by atoms with Crippen molar-refractivity contribution in [2.24, 2.45) is 0 Å². The van der Waals surface area contributed by atoms with E-state index >= 15 is 0 Å². The van der Waals surface area contributed by atoms with E-state index in [-0.39, 0.29) is 30.4 Å². The van der Waals surface area contributed by atoms with Crippen LogP contribution in [0.3, 0.4) is 0 Å². The molecule has 0 radical (unpaired) electrons. The molecule has 9 heteroatoms. The topological polar surface area (TPSA) is 114 Å². The first-order chi connectivity index (χ1) is 17.3. The number of aliphatic hydroxyl groups excluding tert-OH is 1. The molecule has 1 heterocycles. The number of carbonyl (C=O) groups excluding carboxylic acids is 3. The highest BCUT2D eigenvalue weighted by Crippen LogP contribution is 2.33. The molecule has 190 valence electrons. The van der Waals surface area contributed by atoms with E-state index in [0.717, 1.165) is 28.0 Å². The van der Waals surface area contributed by atoms with E-state index in [0.29, 0.717) is 6.42 Å². The maximum atomic E-state index is 13.6. The highest BCUT2D eigenvalue weighted by molar-refractivity contribution is 6.04. The molecule has 1 atom stereocenters. The van der Waals surface area contributed by atoms with E-state index in [1.165, 1.54) is 11.0 Å². The molecule has 36 heavy (non-hydrogen) atoms. The van der Waals surface area contributed by atoms with Gasteiger partial charge in [0, 0.05) is 6.20 Å². The van der Waals surface area contributed by atoms with Gasteiger partial charge in [-0.05, 0) is 66.8 Å². The van der Waals surface area contributed by atoms with Gasteiger partial charge in [0.2, 0.25) is 0 Å². The molecular weight excluding hydrogens is 464 g/mol. The molecule has 9 nitrogen and oxygen atoms in total. The number of hydrogen-bond donors (Lipinski definition) is 2. The predicted octanol–water partition coefficient (Wildman–Crippen LogP) is 3.84. The maximum absolute atomic E-state index is 13.6. The number of ether oxygens (including phenoxy) is 3. The number of esters is 1. The monoisotopic (exact) mass is 494 g/mol. The van der Waals surface area contributed by atoms with Gasteiger partial charge in [0.05, 0.1) is 31.0 Å². The molecule has 1 aliphatic rings. The lowest BCUT2D eigenvalue weighted by atomic mass is 10.0. The Morgan fingerprint density at radius 3 is 2.47 bits per heavy atom. The first kappa shape index (κ1) is 26.5. The van der Waals surface area contributed by atoms with Gasteiger partial charge in [-0.15, -0.1) is 0 Å². The third-order valence-corrected chi connectivity index (χ3v) is 5.83. The second-order valence-corrected chi connectivity index (χ2v) is 8.29. The Kier molecular flexibility index (Phi) is 8.86. The summed E-state index contributed by atoms with van der Waals surface area (Å²) in [6.07, 6.45) is 2.68. The lowest BCUT2D eigenvalue weighted by molar-refractivity contribution is -0.145. The molecule has 2 amide bonds. The molecule has 2 aromatic rings. The summed E-state index contributed by atoms with van der Waals surface area (Å²) in [5.74, 6) is -0.391. The van der Waals surface area contributed by atoms with E-state index in [4.69, 9.17) is 14.2 Å². The van der Waals surface area contributed by atoms with Crippen LogP contribution in [0.5, 0.6) is 5.75 Å². The van der Waals surface area contributed by atoms with Gasteiger partial charge < -0.3 is 24.2 Å². The summed E-state index contributed by atoms with van der Waals surface area (Å²) in [7, 11) is 1.59. The van der Waals surface area contributed by atoms with Crippen molar-refractivity contribution in [2.75, 3.05) is 32.2 Å². The number of methoxy groups -OCH3 is 1. The SMILES string of the molecule is C=CCOC(=O)COC(=O)Nc1cc(C)c(C)cc1C(=O)N1C=C(c2ccc(OC)cc2)C[C@H]1CO.